The smallest absolute Gasteiger partial charge is 0.147 e. The van der Waals surface area contributed by atoms with Gasteiger partial charge in [0.25, 0.3) is 0 Å². The number of hydrogen-bond donors (Lipinski definition) is 1. The van der Waals surface area contributed by atoms with Gasteiger partial charge in [-0.05, 0) is 42.2 Å². The Labute approximate surface area is 117 Å². The molecule has 1 aliphatic carbocycles. The van der Waals surface area contributed by atoms with E-state index in [1.807, 2.05) is 24.3 Å². The molecule has 1 atom stereocenters. The van der Waals surface area contributed by atoms with Crippen molar-refractivity contribution < 1.29 is 9.84 Å². The Morgan fingerprint density at radius 1 is 1.40 bits per heavy atom. The first-order chi connectivity index (χ1) is 9.78. The molecule has 4 heteroatoms. The second-order valence-corrected chi connectivity index (χ2v) is 4.83. The van der Waals surface area contributed by atoms with E-state index in [1.54, 1.807) is 12.3 Å². The summed E-state index contributed by atoms with van der Waals surface area (Å²) in [7, 11) is 0. The van der Waals surface area contributed by atoms with E-state index in [9.17, 15) is 5.11 Å². The molecule has 100 valence electrons. The highest BCUT2D eigenvalue weighted by atomic mass is 16.5. The molecule has 1 heterocycles. The number of aryl methyl sites for hydroxylation is 1. The molecule has 1 aromatic carbocycles. The lowest BCUT2D eigenvalue weighted by Crippen LogP contribution is -2.00. The van der Waals surface area contributed by atoms with Crippen LogP contribution < -0.4 is 4.74 Å². The van der Waals surface area contributed by atoms with Crippen LogP contribution in [0.5, 0.6) is 5.75 Å². The summed E-state index contributed by atoms with van der Waals surface area (Å²) in [5.74, 6) is 0.755. The number of hydrogen-bond acceptors (Lipinski definition) is 4. The summed E-state index contributed by atoms with van der Waals surface area (Å²) in [5.41, 5.74) is 3.30. The fourth-order valence-corrected chi connectivity index (χ4v) is 2.48. The lowest BCUT2D eigenvalue weighted by Gasteiger charge is -2.09. The summed E-state index contributed by atoms with van der Waals surface area (Å²) in [6.07, 6.45) is 2.91. The fraction of sp³-hybridized carbons (Fsp3) is 0.250. The summed E-state index contributed by atoms with van der Waals surface area (Å²) in [4.78, 5) is 4.00. The minimum absolute atomic E-state index is 0.318. The van der Waals surface area contributed by atoms with Crippen LogP contribution in [-0.2, 0) is 13.0 Å². The van der Waals surface area contributed by atoms with Gasteiger partial charge >= 0.3 is 0 Å². The van der Waals surface area contributed by atoms with Crippen molar-refractivity contribution >= 4 is 0 Å². The molecule has 2 aromatic rings. The highest BCUT2D eigenvalue weighted by Gasteiger charge is 2.20. The number of pyridine rings is 1. The van der Waals surface area contributed by atoms with Gasteiger partial charge in [0.2, 0.25) is 0 Å². The van der Waals surface area contributed by atoms with Crippen LogP contribution in [0.2, 0.25) is 0 Å². The first kappa shape index (κ1) is 12.6. The molecular weight excluding hydrogens is 252 g/mol. The largest absolute Gasteiger partial charge is 0.489 e. The lowest BCUT2D eigenvalue weighted by atomic mass is 10.1. The quantitative estimate of drug-likeness (QED) is 0.927. The van der Waals surface area contributed by atoms with Gasteiger partial charge in [0.1, 0.15) is 24.1 Å². The molecule has 4 nitrogen and oxygen atoms in total. The van der Waals surface area contributed by atoms with E-state index < -0.39 is 0 Å². The number of ether oxygens (including phenoxy) is 1. The molecule has 1 N–H and O–H groups in total. The van der Waals surface area contributed by atoms with E-state index in [1.165, 1.54) is 0 Å². The number of fused-ring (bicyclic) bond motifs is 1. The first-order valence-corrected chi connectivity index (χ1v) is 6.55. The second kappa shape index (κ2) is 5.32. The first-order valence-electron chi connectivity index (χ1n) is 6.55. The van der Waals surface area contributed by atoms with Gasteiger partial charge in [-0.15, -0.1) is 0 Å². The number of nitrogens with zero attached hydrogens (tertiary/aromatic N) is 2. The number of nitriles is 1. The molecule has 0 radical (unpaired) electrons. The molecular formula is C16H14N2O2. The van der Waals surface area contributed by atoms with Gasteiger partial charge in [-0.25, -0.2) is 4.98 Å². The molecule has 20 heavy (non-hydrogen) atoms. The lowest BCUT2D eigenvalue weighted by molar-refractivity contribution is 0.180. The minimum Gasteiger partial charge on any atom is -0.489 e. The number of aliphatic hydroxyl groups is 1. The van der Waals surface area contributed by atoms with E-state index in [2.05, 4.69) is 11.1 Å². The van der Waals surface area contributed by atoms with Crippen molar-refractivity contribution in [1.82, 2.24) is 4.98 Å². The zero-order valence-electron chi connectivity index (χ0n) is 10.9. The Bertz CT molecular complexity index is 676. The van der Waals surface area contributed by atoms with Crippen LogP contribution in [0, 0.1) is 11.3 Å². The number of aromatic nitrogens is 1. The van der Waals surface area contributed by atoms with Gasteiger partial charge in [0.05, 0.1) is 6.10 Å². The Kier molecular flexibility index (Phi) is 3.36. The third kappa shape index (κ3) is 2.36. The Morgan fingerprint density at radius 3 is 3.15 bits per heavy atom. The summed E-state index contributed by atoms with van der Waals surface area (Å²) >= 11 is 0. The van der Waals surface area contributed by atoms with Gasteiger partial charge in [-0.1, -0.05) is 12.1 Å². The van der Waals surface area contributed by atoms with E-state index >= 15 is 0 Å². The highest BCUT2D eigenvalue weighted by molar-refractivity contribution is 5.40. The number of aliphatic hydroxyl groups excluding tert-OH is 1. The molecule has 0 spiro atoms. The molecule has 0 aliphatic heterocycles. The zero-order valence-corrected chi connectivity index (χ0v) is 10.9. The molecule has 3 rings (SSSR count). The van der Waals surface area contributed by atoms with Crippen LogP contribution in [0.15, 0.2) is 36.5 Å². The number of rotatable bonds is 3. The Hall–Kier alpha value is -2.38. The molecule has 1 aliphatic rings. The molecule has 1 aromatic heterocycles. The monoisotopic (exact) mass is 266 g/mol. The van der Waals surface area contributed by atoms with E-state index in [4.69, 9.17) is 10.00 Å². The van der Waals surface area contributed by atoms with Crippen molar-refractivity contribution in [1.29, 1.82) is 5.26 Å². The summed E-state index contributed by atoms with van der Waals surface area (Å²) in [6.45, 7) is 0.318. The average Bonchev–Trinajstić information content (AvgIpc) is 2.86. The summed E-state index contributed by atoms with van der Waals surface area (Å²) in [6, 6.07) is 11.4. The molecule has 0 amide bonds. The standard InChI is InChI=1S/C16H14N2O2/c17-9-15-12(2-1-7-18-15)10-20-13-4-5-14-11(8-13)3-6-16(14)19/h1-2,4-5,7-8,16,19H,3,6,10H2/t16-/m0/s1. The van der Waals surface area contributed by atoms with Gasteiger partial charge < -0.3 is 9.84 Å². The van der Waals surface area contributed by atoms with Crippen molar-refractivity contribution in [2.24, 2.45) is 0 Å². The predicted molar refractivity (Wildman–Crippen MR) is 73.0 cm³/mol. The fourth-order valence-electron chi connectivity index (χ4n) is 2.48. The molecule has 0 saturated carbocycles. The number of benzene rings is 1. The van der Waals surface area contributed by atoms with Gasteiger partial charge in [0.15, 0.2) is 0 Å². The van der Waals surface area contributed by atoms with E-state index in [0.717, 1.165) is 35.3 Å². The third-order valence-corrected chi connectivity index (χ3v) is 3.55. The van der Waals surface area contributed by atoms with Crippen LogP contribution in [0.4, 0.5) is 0 Å². The minimum atomic E-state index is -0.345. The van der Waals surface area contributed by atoms with Crippen molar-refractivity contribution in [3.05, 3.63) is 58.9 Å². The molecule has 0 fully saturated rings. The van der Waals surface area contributed by atoms with Crippen LogP contribution >= 0.6 is 0 Å². The SMILES string of the molecule is N#Cc1ncccc1COc1ccc2c(c1)CC[C@@H]2O. The molecule has 0 unspecified atom stereocenters. The maximum Gasteiger partial charge on any atom is 0.147 e. The van der Waals surface area contributed by atoms with Crippen LogP contribution in [-0.4, -0.2) is 10.1 Å². The summed E-state index contributed by atoms with van der Waals surface area (Å²) < 4.78 is 5.72. The van der Waals surface area contributed by atoms with Gasteiger partial charge in [-0.3, -0.25) is 0 Å². The topological polar surface area (TPSA) is 66.1 Å². The normalized spacial score (nSPS) is 16.5. The van der Waals surface area contributed by atoms with Crippen molar-refractivity contribution in [3.8, 4) is 11.8 Å². The van der Waals surface area contributed by atoms with Crippen molar-refractivity contribution in [2.75, 3.05) is 0 Å². The van der Waals surface area contributed by atoms with Crippen molar-refractivity contribution in [2.45, 2.75) is 25.6 Å². The highest BCUT2D eigenvalue weighted by Crippen LogP contribution is 2.33. The second-order valence-electron chi connectivity index (χ2n) is 4.83. The average molecular weight is 266 g/mol. The van der Waals surface area contributed by atoms with Crippen LogP contribution in [0.3, 0.4) is 0 Å². The Balaban J connectivity index is 1.75. The van der Waals surface area contributed by atoms with Gasteiger partial charge in [0, 0.05) is 11.8 Å². The molecule has 0 bridgehead atoms. The van der Waals surface area contributed by atoms with Crippen molar-refractivity contribution in [3.63, 3.8) is 0 Å². The van der Waals surface area contributed by atoms with Crippen LogP contribution in [0.25, 0.3) is 0 Å². The maximum atomic E-state index is 9.76. The van der Waals surface area contributed by atoms with Crippen LogP contribution in [0.1, 0.15) is 34.9 Å². The zero-order chi connectivity index (χ0) is 13.9. The third-order valence-electron chi connectivity index (χ3n) is 3.55. The van der Waals surface area contributed by atoms with E-state index in [0.29, 0.717) is 12.3 Å². The predicted octanol–water partition coefficient (Wildman–Crippen LogP) is 2.51. The Morgan fingerprint density at radius 2 is 2.30 bits per heavy atom. The molecule has 0 saturated heterocycles. The van der Waals surface area contributed by atoms with E-state index in [-0.39, 0.29) is 6.10 Å². The van der Waals surface area contributed by atoms with Gasteiger partial charge in [-0.2, -0.15) is 5.26 Å². The summed E-state index contributed by atoms with van der Waals surface area (Å²) in [5, 5.41) is 18.7. The maximum absolute atomic E-state index is 9.76.